The van der Waals surface area contributed by atoms with Crippen molar-refractivity contribution in [1.29, 1.82) is 0 Å². The highest BCUT2D eigenvalue weighted by Gasteiger charge is 2.59. The smallest absolute Gasteiger partial charge is 0.226 e. The molecular formula is C18H30N2O. The van der Waals surface area contributed by atoms with E-state index in [4.69, 9.17) is 5.73 Å². The summed E-state index contributed by atoms with van der Waals surface area (Å²) in [6.07, 6.45) is 11.2. The first-order valence-corrected chi connectivity index (χ1v) is 8.95. The van der Waals surface area contributed by atoms with E-state index in [1.165, 1.54) is 32.1 Å². The predicted molar refractivity (Wildman–Crippen MR) is 83.6 cm³/mol. The van der Waals surface area contributed by atoms with Gasteiger partial charge in [-0.05, 0) is 87.0 Å². The van der Waals surface area contributed by atoms with Crippen molar-refractivity contribution in [2.24, 2.45) is 33.8 Å². The first-order valence-electron chi connectivity index (χ1n) is 8.95. The third kappa shape index (κ3) is 2.32. The van der Waals surface area contributed by atoms with Crippen molar-refractivity contribution in [2.45, 2.75) is 64.7 Å². The number of rotatable bonds is 5. The highest BCUT2D eigenvalue weighted by atomic mass is 16.2. The van der Waals surface area contributed by atoms with Gasteiger partial charge in [0.25, 0.3) is 0 Å². The number of carbonyl (C=O) groups is 1. The molecule has 1 amide bonds. The quantitative estimate of drug-likeness (QED) is 0.818. The van der Waals surface area contributed by atoms with E-state index in [1.54, 1.807) is 0 Å². The lowest BCUT2D eigenvalue weighted by Gasteiger charge is -2.60. The molecule has 118 valence electrons. The Balaban J connectivity index is 1.44. The number of hydrogen-bond acceptors (Lipinski definition) is 2. The maximum atomic E-state index is 13.0. The predicted octanol–water partition coefficient (Wildman–Crippen LogP) is 2.84. The van der Waals surface area contributed by atoms with Crippen LogP contribution in [0.2, 0.25) is 0 Å². The lowest BCUT2D eigenvalue weighted by molar-refractivity contribution is -0.155. The molecule has 2 atom stereocenters. The Labute approximate surface area is 128 Å². The van der Waals surface area contributed by atoms with Gasteiger partial charge in [-0.2, -0.15) is 0 Å². The van der Waals surface area contributed by atoms with Gasteiger partial charge in [0.2, 0.25) is 5.91 Å². The molecule has 3 heteroatoms. The Morgan fingerprint density at radius 2 is 1.86 bits per heavy atom. The average Bonchev–Trinajstić information content (AvgIpc) is 3.14. The minimum absolute atomic E-state index is 0.0162. The fourth-order valence-corrected chi connectivity index (χ4v) is 6.44. The highest BCUT2D eigenvalue weighted by Crippen LogP contribution is 2.65. The first-order chi connectivity index (χ1) is 9.97. The minimum Gasteiger partial charge on any atom is -0.355 e. The van der Waals surface area contributed by atoms with Gasteiger partial charge in [-0.3, -0.25) is 4.79 Å². The van der Waals surface area contributed by atoms with Crippen LogP contribution in [-0.2, 0) is 4.79 Å². The van der Waals surface area contributed by atoms with E-state index in [1.807, 2.05) is 0 Å². The van der Waals surface area contributed by atoms with Gasteiger partial charge in [0.1, 0.15) is 0 Å². The van der Waals surface area contributed by atoms with Crippen LogP contribution in [0.15, 0.2) is 0 Å². The van der Waals surface area contributed by atoms with Gasteiger partial charge in [0, 0.05) is 6.54 Å². The summed E-state index contributed by atoms with van der Waals surface area (Å²) in [5, 5.41) is 3.35. The molecule has 5 rings (SSSR count). The lowest BCUT2D eigenvalue weighted by Crippen LogP contribution is -2.57. The van der Waals surface area contributed by atoms with Crippen LogP contribution in [-0.4, -0.2) is 19.0 Å². The zero-order chi connectivity index (χ0) is 14.7. The number of nitrogens with two attached hydrogens (primary N) is 1. The summed E-state index contributed by atoms with van der Waals surface area (Å²) in [5.74, 6) is 2.02. The van der Waals surface area contributed by atoms with Crippen LogP contribution in [0.25, 0.3) is 0 Å². The molecule has 2 unspecified atom stereocenters. The molecule has 21 heavy (non-hydrogen) atoms. The molecule has 0 saturated heterocycles. The summed E-state index contributed by atoms with van der Waals surface area (Å²) in [6.45, 7) is 4.06. The van der Waals surface area contributed by atoms with E-state index in [-0.39, 0.29) is 5.41 Å². The normalized spacial score (nSPS) is 45.6. The molecule has 4 bridgehead atoms. The second-order valence-electron chi connectivity index (χ2n) is 9.27. The van der Waals surface area contributed by atoms with Crippen LogP contribution >= 0.6 is 0 Å². The molecule has 0 aromatic rings. The maximum Gasteiger partial charge on any atom is 0.226 e. The molecule has 0 aliphatic heterocycles. The molecule has 5 fully saturated rings. The van der Waals surface area contributed by atoms with E-state index in [0.29, 0.717) is 16.7 Å². The molecule has 5 saturated carbocycles. The Morgan fingerprint density at radius 1 is 1.19 bits per heavy atom. The van der Waals surface area contributed by atoms with Gasteiger partial charge < -0.3 is 11.1 Å². The summed E-state index contributed by atoms with van der Waals surface area (Å²) < 4.78 is 0. The van der Waals surface area contributed by atoms with Gasteiger partial charge in [-0.15, -0.1) is 0 Å². The van der Waals surface area contributed by atoms with Gasteiger partial charge >= 0.3 is 0 Å². The first kappa shape index (κ1) is 14.0. The number of hydrogen-bond donors (Lipinski definition) is 2. The molecule has 0 aromatic heterocycles. The van der Waals surface area contributed by atoms with Crippen molar-refractivity contribution in [3.8, 4) is 0 Å². The van der Waals surface area contributed by atoms with Gasteiger partial charge in [-0.1, -0.05) is 6.92 Å². The molecular weight excluding hydrogens is 260 g/mol. The summed E-state index contributed by atoms with van der Waals surface area (Å²) in [5.41, 5.74) is 6.51. The molecule has 0 spiro atoms. The third-order valence-corrected chi connectivity index (χ3v) is 7.09. The van der Waals surface area contributed by atoms with E-state index < -0.39 is 0 Å². The third-order valence-electron chi connectivity index (χ3n) is 7.09. The number of amides is 1. The Hall–Kier alpha value is -0.570. The van der Waals surface area contributed by atoms with Crippen molar-refractivity contribution >= 4 is 5.91 Å². The fraction of sp³-hybridized carbons (Fsp3) is 0.944. The largest absolute Gasteiger partial charge is 0.355 e. The van der Waals surface area contributed by atoms with E-state index in [0.717, 1.165) is 50.6 Å². The van der Waals surface area contributed by atoms with Crippen LogP contribution in [0.3, 0.4) is 0 Å². The summed E-state index contributed by atoms with van der Waals surface area (Å²) in [6, 6.07) is 0. The zero-order valence-electron chi connectivity index (χ0n) is 13.4. The molecule has 0 radical (unpaired) electrons. The van der Waals surface area contributed by atoms with E-state index in [9.17, 15) is 4.79 Å². The molecule has 0 aromatic carbocycles. The van der Waals surface area contributed by atoms with Crippen molar-refractivity contribution in [3.05, 3.63) is 0 Å². The van der Waals surface area contributed by atoms with Gasteiger partial charge in [0.05, 0.1) is 5.41 Å². The van der Waals surface area contributed by atoms with Crippen molar-refractivity contribution in [3.63, 3.8) is 0 Å². The second-order valence-corrected chi connectivity index (χ2v) is 9.27. The maximum absolute atomic E-state index is 13.0. The van der Waals surface area contributed by atoms with Crippen LogP contribution < -0.4 is 11.1 Å². The lowest BCUT2D eigenvalue weighted by atomic mass is 9.44. The Kier molecular flexibility index (Phi) is 2.99. The summed E-state index contributed by atoms with van der Waals surface area (Å²) in [4.78, 5) is 13.0. The van der Waals surface area contributed by atoms with E-state index >= 15 is 0 Å². The number of nitrogens with one attached hydrogen (secondary N) is 1. The highest BCUT2D eigenvalue weighted by molar-refractivity contribution is 5.83. The van der Waals surface area contributed by atoms with Crippen LogP contribution in [0, 0.1) is 28.1 Å². The molecule has 3 N–H and O–H groups in total. The Morgan fingerprint density at radius 3 is 2.38 bits per heavy atom. The molecule has 0 heterocycles. The molecule has 3 nitrogen and oxygen atoms in total. The van der Waals surface area contributed by atoms with Crippen LogP contribution in [0.5, 0.6) is 0 Å². The minimum atomic E-state index is -0.0162. The molecule has 5 aliphatic carbocycles. The topological polar surface area (TPSA) is 55.1 Å². The Bertz CT molecular complexity index is 440. The number of carbonyl (C=O) groups excluding carboxylic acids is 1. The average molecular weight is 290 g/mol. The molecule has 5 aliphatic rings. The van der Waals surface area contributed by atoms with Gasteiger partial charge in [-0.25, -0.2) is 0 Å². The van der Waals surface area contributed by atoms with Gasteiger partial charge in [0.15, 0.2) is 0 Å². The van der Waals surface area contributed by atoms with E-state index in [2.05, 4.69) is 12.2 Å². The second kappa shape index (κ2) is 4.47. The summed E-state index contributed by atoms with van der Waals surface area (Å²) >= 11 is 0. The standard InChI is InChI=1S/C18H30N2O/c1-16-7-13-6-14(8-16)10-18(9-13,11-16)15(21)20-12-17(2-3-17)4-5-19/h13-14H,2-12,19H2,1H3,(H,20,21). The SMILES string of the molecule is CC12CC3CC(C1)CC(C(=O)NCC1(CCN)CC1)(C3)C2. The fourth-order valence-electron chi connectivity index (χ4n) is 6.44. The summed E-state index contributed by atoms with van der Waals surface area (Å²) in [7, 11) is 0. The van der Waals surface area contributed by atoms with Crippen LogP contribution in [0.4, 0.5) is 0 Å². The zero-order valence-corrected chi connectivity index (χ0v) is 13.4. The van der Waals surface area contributed by atoms with Crippen molar-refractivity contribution in [2.75, 3.05) is 13.1 Å². The van der Waals surface area contributed by atoms with Crippen LogP contribution in [0.1, 0.15) is 64.7 Å². The van der Waals surface area contributed by atoms with Crippen molar-refractivity contribution in [1.82, 2.24) is 5.32 Å². The van der Waals surface area contributed by atoms with Crippen molar-refractivity contribution < 1.29 is 4.79 Å². The monoisotopic (exact) mass is 290 g/mol.